The van der Waals surface area contributed by atoms with Crippen molar-refractivity contribution in [1.29, 1.82) is 0 Å². The Hall–Kier alpha value is -1.73. The first-order valence-corrected chi connectivity index (χ1v) is 8.36. The van der Waals surface area contributed by atoms with Crippen LogP contribution in [-0.2, 0) is 22.3 Å². The van der Waals surface area contributed by atoms with Gasteiger partial charge in [0, 0.05) is 5.92 Å². The Bertz CT molecular complexity index is 708. The van der Waals surface area contributed by atoms with Gasteiger partial charge in [0.25, 0.3) is 0 Å². The van der Waals surface area contributed by atoms with Crippen molar-refractivity contribution in [3.63, 3.8) is 0 Å². The highest BCUT2D eigenvalue weighted by Gasteiger charge is 2.15. The van der Waals surface area contributed by atoms with E-state index in [0.717, 1.165) is 11.1 Å². The third-order valence-electron chi connectivity index (χ3n) is 2.86. The normalized spacial score (nSPS) is 12.0. The monoisotopic (exact) mass is 309 g/mol. The predicted molar refractivity (Wildman–Crippen MR) is 79.0 cm³/mol. The molecule has 2 aromatic rings. The smallest absolute Gasteiger partial charge is 0.231 e. The number of nitrogens with one attached hydrogen (secondary N) is 1. The molecule has 0 atom stereocenters. The Balaban J connectivity index is 1.97. The second kappa shape index (κ2) is 6.36. The maximum atomic E-state index is 12.0. The van der Waals surface area contributed by atoms with Crippen molar-refractivity contribution >= 4 is 10.0 Å². The Labute approximate surface area is 124 Å². The van der Waals surface area contributed by atoms with Gasteiger partial charge in [0.2, 0.25) is 21.8 Å². The van der Waals surface area contributed by atoms with Crippen molar-refractivity contribution in [3.8, 4) is 0 Å². The van der Waals surface area contributed by atoms with Crippen LogP contribution in [0.5, 0.6) is 0 Å². The standard InChI is InChI=1S/C14H19N3O3S/c1-10(2)14-17-16-13(20-14)8-15-21(18,19)9-12-6-4-5-11(3)7-12/h4-7,10,15H,8-9H2,1-3H3. The van der Waals surface area contributed by atoms with E-state index in [1.165, 1.54) is 0 Å². The van der Waals surface area contributed by atoms with E-state index in [4.69, 9.17) is 4.42 Å². The van der Waals surface area contributed by atoms with Crippen LogP contribution in [0.1, 0.15) is 42.7 Å². The van der Waals surface area contributed by atoms with Crippen LogP contribution in [0.2, 0.25) is 0 Å². The average molecular weight is 309 g/mol. The van der Waals surface area contributed by atoms with Crippen LogP contribution in [0.3, 0.4) is 0 Å². The number of sulfonamides is 1. The highest BCUT2D eigenvalue weighted by molar-refractivity contribution is 7.88. The largest absolute Gasteiger partial charge is 0.424 e. The number of hydrogen-bond donors (Lipinski definition) is 1. The molecule has 1 heterocycles. The lowest BCUT2D eigenvalue weighted by Crippen LogP contribution is -2.24. The summed E-state index contributed by atoms with van der Waals surface area (Å²) in [5.74, 6) is 0.824. The van der Waals surface area contributed by atoms with Gasteiger partial charge in [-0.15, -0.1) is 10.2 Å². The fourth-order valence-electron chi connectivity index (χ4n) is 1.82. The van der Waals surface area contributed by atoms with E-state index in [-0.39, 0.29) is 24.1 Å². The van der Waals surface area contributed by atoms with Gasteiger partial charge in [0.05, 0.1) is 12.3 Å². The molecule has 114 valence electrons. The topological polar surface area (TPSA) is 85.1 Å². The van der Waals surface area contributed by atoms with Crippen molar-refractivity contribution in [2.24, 2.45) is 0 Å². The molecule has 0 saturated heterocycles. The van der Waals surface area contributed by atoms with E-state index >= 15 is 0 Å². The van der Waals surface area contributed by atoms with Crippen molar-refractivity contribution in [2.75, 3.05) is 0 Å². The van der Waals surface area contributed by atoms with Crippen LogP contribution >= 0.6 is 0 Å². The number of aryl methyl sites for hydroxylation is 1. The summed E-state index contributed by atoms with van der Waals surface area (Å²) in [4.78, 5) is 0. The summed E-state index contributed by atoms with van der Waals surface area (Å²) >= 11 is 0. The number of nitrogens with zero attached hydrogens (tertiary/aromatic N) is 2. The first kappa shape index (κ1) is 15.7. The highest BCUT2D eigenvalue weighted by atomic mass is 32.2. The highest BCUT2D eigenvalue weighted by Crippen LogP contribution is 2.12. The van der Waals surface area contributed by atoms with Crippen molar-refractivity contribution in [2.45, 2.75) is 39.0 Å². The van der Waals surface area contributed by atoms with Gasteiger partial charge in [-0.3, -0.25) is 0 Å². The summed E-state index contributed by atoms with van der Waals surface area (Å²) in [6.45, 7) is 5.79. The molecule has 0 amide bonds. The molecule has 0 aliphatic carbocycles. The van der Waals surface area contributed by atoms with Gasteiger partial charge < -0.3 is 4.42 Å². The number of aromatic nitrogens is 2. The van der Waals surface area contributed by atoms with E-state index in [1.54, 1.807) is 6.07 Å². The molecule has 0 radical (unpaired) electrons. The SMILES string of the molecule is Cc1cccc(CS(=O)(=O)NCc2nnc(C(C)C)o2)c1. The van der Waals surface area contributed by atoms with E-state index in [2.05, 4.69) is 14.9 Å². The molecular weight excluding hydrogens is 290 g/mol. The van der Waals surface area contributed by atoms with E-state index in [0.29, 0.717) is 5.89 Å². The third-order valence-corrected chi connectivity index (χ3v) is 4.16. The zero-order valence-corrected chi connectivity index (χ0v) is 13.1. The Kier molecular flexibility index (Phi) is 4.74. The molecule has 21 heavy (non-hydrogen) atoms. The minimum atomic E-state index is -3.44. The summed E-state index contributed by atoms with van der Waals surface area (Å²) in [5.41, 5.74) is 1.78. The molecule has 0 fully saturated rings. The van der Waals surface area contributed by atoms with Gasteiger partial charge in [0.1, 0.15) is 0 Å². The molecule has 1 aromatic heterocycles. The van der Waals surface area contributed by atoms with Crippen molar-refractivity contribution in [1.82, 2.24) is 14.9 Å². The molecule has 0 aliphatic rings. The molecule has 0 aliphatic heterocycles. The van der Waals surface area contributed by atoms with Crippen molar-refractivity contribution in [3.05, 3.63) is 47.2 Å². The van der Waals surface area contributed by atoms with E-state index in [1.807, 2.05) is 39.0 Å². The first-order chi connectivity index (χ1) is 9.85. The molecule has 1 N–H and O–H groups in total. The van der Waals surface area contributed by atoms with Crippen molar-refractivity contribution < 1.29 is 12.8 Å². The predicted octanol–water partition coefficient (Wildman–Crippen LogP) is 2.12. The Morgan fingerprint density at radius 2 is 2.05 bits per heavy atom. The number of rotatable bonds is 6. The number of hydrogen-bond acceptors (Lipinski definition) is 5. The van der Waals surface area contributed by atoms with Gasteiger partial charge in [0.15, 0.2) is 0 Å². The maximum absolute atomic E-state index is 12.0. The third kappa shape index (κ3) is 4.64. The molecule has 6 nitrogen and oxygen atoms in total. The van der Waals surface area contributed by atoms with E-state index < -0.39 is 10.0 Å². The molecule has 0 bridgehead atoms. The van der Waals surface area contributed by atoms with Crippen LogP contribution in [0.15, 0.2) is 28.7 Å². The Morgan fingerprint density at radius 1 is 1.29 bits per heavy atom. The lowest BCUT2D eigenvalue weighted by atomic mass is 10.2. The molecule has 7 heteroatoms. The lowest BCUT2D eigenvalue weighted by molar-refractivity contribution is 0.427. The van der Waals surface area contributed by atoms with Crippen LogP contribution < -0.4 is 4.72 Å². The van der Waals surface area contributed by atoms with Crippen LogP contribution in [0, 0.1) is 6.92 Å². The molecular formula is C14H19N3O3S. The summed E-state index contributed by atoms with van der Waals surface area (Å²) < 4.78 is 31.9. The van der Waals surface area contributed by atoms with Gasteiger partial charge >= 0.3 is 0 Å². The van der Waals surface area contributed by atoms with Gasteiger partial charge in [-0.2, -0.15) is 0 Å². The van der Waals surface area contributed by atoms with Gasteiger partial charge in [-0.1, -0.05) is 43.7 Å². The number of benzene rings is 1. The maximum Gasteiger partial charge on any atom is 0.231 e. The summed E-state index contributed by atoms with van der Waals surface area (Å²) in [6.07, 6.45) is 0. The van der Waals surface area contributed by atoms with Gasteiger partial charge in [-0.25, -0.2) is 13.1 Å². The van der Waals surface area contributed by atoms with E-state index in [9.17, 15) is 8.42 Å². The quantitative estimate of drug-likeness (QED) is 0.883. The molecule has 2 rings (SSSR count). The Morgan fingerprint density at radius 3 is 2.67 bits per heavy atom. The van der Waals surface area contributed by atoms with Gasteiger partial charge in [-0.05, 0) is 12.5 Å². The lowest BCUT2D eigenvalue weighted by Gasteiger charge is -2.05. The zero-order chi connectivity index (χ0) is 15.5. The first-order valence-electron chi connectivity index (χ1n) is 6.71. The zero-order valence-electron chi connectivity index (χ0n) is 12.3. The van der Waals surface area contributed by atoms with Crippen LogP contribution in [-0.4, -0.2) is 18.6 Å². The second-order valence-corrected chi connectivity index (χ2v) is 7.06. The van der Waals surface area contributed by atoms with Crippen LogP contribution in [0.4, 0.5) is 0 Å². The second-order valence-electron chi connectivity index (χ2n) is 5.26. The fourth-order valence-corrected chi connectivity index (χ4v) is 2.88. The minimum absolute atomic E-state index is 0.00781. The average Bonchev–Trinajstić information content (AvgIpc) is 2.85. The molecule has 0 spiro atoms. The molecule has 0 saturated carbocycles. The van der Waals surface area contributed by atoms with Crippen LogP contribution in [0.25, 0.3) is 0 Å². The summed E-state index contributed by atoms with van der Waals surface area (Å²) in [5, 5.41) is 7.68. The minimum Gasteiger partial charge on any atom is -0.424 e. The fraction of sp³-hybridized carbons (Fsp3) is 0.429. The summed E-state index contributed by atoms with van der Waals surface area (Å²) in [6, 6.07) is 7.40. The molecule has 0 unspecified atom stereocenters. The molecule has 1 aromatic carbocycles. The summed E-state index contributed by atoms with van der Waals surface area (Å²) in [7, 11) is -3.44.